The summed E-state index contributed by atoms with van der Waals surface area (Å²) in [5.41, 5.74) is 1.31. The van der Waals surface area contributed by atoms with Crippen LogP contribution in [0.3, 0.4) is 0 Å². The average Bonchev–Trinajstić information content (AvgIpc) is 2.64. The number of piperazine rings is 1. The summed E-state index contributed by atoms with van der Waals surface area (Å²) in [5.74, 6) is -2.16. The molecule has 1 atom stereocenters. The second kappa shape index (κ2) is 8.01. The number of nitrogens with zero attached hydrogens (tertiary/aromatic N) is 2. The third-order valence-electron chi connectivity index (χ3n) is 4.60. The number of carbonyl (C=O) groups is 1. The molecule has 7 heteroatoms. The van der Waals surface area contributed by atoms with Gasteiger partial charge >= 0.3 is 0 Å². The zero-order chi connectivity index (χ0) is 18.7. The summed E-state index contributed by atoms with van der Waals surface area (Å²) in [6, 6.07) is 10.7. The summed E-state index contributed by atoms with van der Waals surface area (Å²) < 4.78 is 26.2. The van der Waals surface area contributed by atoms with Crippen LogP contribution in [-0.4, -0.2) is 43.0 Å². The maximum Gasteiger partial charge on any atom is 0.241 e. The van der Waals surface area contributed by atoms with Crippen LogP contribution in [0.1, 0.15) is 6.92 Å². The first-order valence-corrected chi connectivity index (χ1v) is 8.82. The first-order valence-electron chi connectivity index (χ1n) is 8.44. The summed E-state index contributed by atoms with van der Waals surface area (Å²) in [6.07, 6.45) is 0. The van der Waals surface area contributed by atoms with Gasteiger partial charge in [0.1, 0.15) is 0 Å². The maximum absolute atomic E-state index is 13.3. The Balaban J connectivity index is 1.56. The number of rotatable bonds is 4. The second-order valence-electron chi connectivity index (χ2n) is 6.30. The van der Waals surface area contributed by atoms with Crippen molar-refractivity contribution in [3.8, 4) is 0 Å². The van der Waals surface area contributed by atoms with E-state index in [2.05, 4.69) is 15.1 Å². The predicted molar refractivity (Wildman–Crippen MR) is 99.7 cm³/mol. The van der Waals surface area contributed by atoms with E-state index in [-0.39, 0.29) is 17.6 Å². The van der Waals surface area contributed by atoms with E-state index < -0.39 is 11.6 Å². The highest BCUT2D eigenvalue weighted by Crippen LogP contribution is 2.21. The van der Waals surface area contributed by atoms with Crippen LogP contribution < -0.4 is 10.2 Å². The van der Waals surface area contributed by atoms with Crippen molar-refractivity contribution in [2.24, 2.45) is 0 Å². The van der Waals surface area contributed by atoms with E-state index >= 15 is 0 Å². The summed E-state index contributed by atoms with van der Waals surface area (Å²) in [5, 5.41) is 3.34. The van der Waals surface area contributed by atoms with E-state index in [0.29, 0.717) is 5.02 Å². The monoisotopic (exact) mass is 379 g/mol. The first-order chi connectivity index (χ1) is 12.4. The van der Waals surface area contributed by atoms with Crippen molar-refractivity contribution in [1.29, 1.82) is 0 Å². The van der Waals surface area contributed by atoms with Crippen LogP contribution in [0.5, 0.6) is 0 Å². The Morgan fingerprint density at radius 2 is 1.81 bits per heavy atom. The van der Waals surface area contributed by atoms with E-state index in [0.717, 1.165) is 44.0 Å². The van der Waals surface area contributed by atoms with E-state index in [9.17, 15) is 13.6 Å². The highest BCUT2D eigenvalue weighted by molar-refractivity contribution is 6.30. The minimum atomic E-state index is -0.981. The summed E-state index contributed by atoms with van der Waals surface area (Å²) >= 11 is 6.04. The summed E-state index contributed by atoms with van der Waals surface area (Å²) in [4.78, 5) is 16.7. The Morgan fingerprint density at radius 3 is 2.46 bits per heavy atom. The molecule has 0 saturated carbocycles. The Morgan fingerprint density at radius 1 is 1.08 bits per heavy atom. The summed E-state index contributed by atoms with van der Waals surface area (Å²) in [7, 11) is 0. The molecule has 0 radical (unpaired) electrons. The molecule has 1 N–H and O–H groups in total. The van der Waals surface area contributed by atoms with Crippen LogP contribution in [-0.2, 0) is 4.79 Å². The van der Waals surface area contributed by atoms with Crippen molar-refractivity contribution in [1.82, 2.24) is 4.90 Å². The largest absolute Gasteiger partial charge is 0.369 e. The van der Waals surface area contributed by atoms with Crippen LogP contribution in [0.25, 0.3) is 0 Å². The first kappa shape index (κ1) is 18.6. The van der Waals surface area contributed by atoms with Gasteiger partial charge in [0.25, 0.3) is 0 Å². The van der Waals surface area contributed by atoms with Gasteiger partial charge in [-0.3, -0.25) is 9.69 Å². The molecule has 1 amide bonds. The molecular weight excluding hydrogens is 360 g/mol. The number of anilines is 2. The quantitative estimate of drug-likeness (QED) is 0.878. The fourth-order valence-corrected chi connectivity index (χ4v) is 3.21. The highest BCUT2D eigenvalue weighted by atomic mass is 35.5. The topological polar surface area (TPSA) is 35.6 Å². The smallest absolute Gasteiger partial charge is 0.241 e. The highest BCUT2D eigenvalue weighted by Gasteiger charge is 2.26. The molecule has 0 aromatic heterocycles. The zero-order valence-corrected chi connectivity index (χ0v) is 15.1. The van der Waals surface area contributed by atoms with Crippen LogP contribution in [0, 0.1) is 11.6 Å². The van der Waals surface area contributed by atoms with Crippen LogP contribution >= 0.6 is 11.6 Å². The number of benzene rings is 2. The molecule has 2 aromatic rings. The van der Waals surface area contributed by atoms with Gasteiger partial charge in [-0.2, -0.15) is 0 Å². The molecule has 26 heavy (non-hydrogen) atoms. The normalized spacial score (nSPS) is 16.4. The van der Waals surface area contributed by atoms with Crippen molar-refractivity contribution in [3.05, 3.63) is 59.1 Å². The van der Waals surface area contributed by atoms with Crippen molar-refractivity contribution < 1.29 is 13.6 Å². The number of carbonyl (C=O) groups excluding carboxylic acids is 1. The lowest BCUT2D eigenvalue weighted by atomic mass is 10.2. The molecule has 138 valence electrons. The van der Waals surface area contributed by atoms with Gasteiger partial charge in [-0.1, -0.05) is 17.7 Å². The van der Waals surface area contributed by atoms with Gasteiger partial charge in [-0.05, 0) is 37.3 Å². The molecule has 0 bridgehead atoms. The molecule has 3 rings (SSSR count). The molecule has 1 saturated heterocycles. The molecule has 1 heterocycles. The van der Waals surface area contributed by atoms with Crippen LogP contribution in [0.4, 0.5) is 20.2 Å². The zero-order valence-electron chi connectivity index (χ0n) is 14.4. The van der Waals surface area contributed by atoms with Gasteiger partial charge < -0.3 is 10.2 Å². The number of hydrogen-bond acceptors (Lipinski definition) is 3. The lowest BCUT2D eigenvalue weighted by Gasteiger charge is -2.38. The lowest BCUT2D eigenvalue weighted by Crippen LogP contribution is -2.52. The average molecular weight is 380 g/mol. The number of nitrogens with one attached hydrogen (secondary N) is 1. The predicted octanol–water partition coefficient (Wildman–Crippen LogP) is 3.77. The van der Waals surface area contributed by atoms with Gasteiger partial charge in [0, 0.05) is 48.6 Å². The molecule has 0 aliphatic carbocycles. The van der Waals surface area contributed by atoms with Gasteiger partial charge in [0.15, 0.2) is 11.6 Å². The summed E-state index contributed by atoms with van der Waals surface area (Å²) in [6.45, 7) is 4.81. The van der Waals surface area contributed by atoms with Crippen molar-refractivity contribution >= 4 is 28.9 Å². The number of hydrogen-bond donors (Lipinski definition) is 1. The Kier molecular flexibility index (Phi) is 5.74. The Labute approximate surface area is 156 Å². The van der Waals surface area contributed by atoms with Crippen LogP contribution in [0.15, 0.2) is 42.5 Å². The molecule has 1 aliphatic heterocycles. The standard InChI is InChI=1S/C19H20ClF2N3O/c1-13(19(26)23-15-5-6-17(21)18(22)12-15)24-7-9-25(10-8-24)16-4-2-3-14(20)11-16/h2-6,11-13H,7-10H2,1H3,(H,23,26). The third-order valence-corrected chi connectivity index (χ3v) is 4.84. The molecule has 4 nitrogen and oxygen atoms in total. The number of amides is 1. The molecule has 0 spiro atoms. The minimum Gasteiger partial charge on any atom is -0.369 e. The lowest BCUT2D eigenvalue weighted by molar-refractivity contribution is -0.120. The maximum atomic E-state index is 13.3. The minimum absolute atomic E-state index is 0.243. The van der Waals surface area contributed by atoms with Crippen molar-refractivity contribution in [2.45, 2.75) is 13.0 Å². The SMILES string of the molecule is CC(C(=O)Nc1ccc(F)c(F)c1)N1CCN(c2cccc(Cl)c2)CC1. The number of halogens is 3. The van der Waals surface area contributed by atoms with Gasteiger partial charge in [0.05, 0.1) is 6.04 Å². The second-order valence-corrected chi connectivity index (χ2v) is 6.73. The van der Waals surface area contributed by atoms with E-state index in [4.69, 9.17) is 11.6 Å². The van der Waals surface area contributed by atoms with E-state index in [1.54, 1.807) is 0 Å². The van der Waals surface area contributed by atoms with Crippen molar-refractivity contribution in [2.75, 3.05) is 36.4 Å². The van der Waals surface area contributed by atoms with Gasteiger partial charge in [-0.25, -0.2) is 8.78 Å². The van der Waals surface area contributed by atoms with Gasteiger partial charge in [-0.15, -0.1) is 0 Å². The Bertz CT molecular complexity index is 794. The molecule has 1 unspecified atom stereocenters. The van der Waals surface area contributed by atoms with Crippen molar-refractivity contribution in [3.63, 3.8) is 0 Å². The fraction of sp³-hybridized carbons (Fsp3) is 0.316. The van der Waals surface area contributed by atoms with E-state index in [1.807, 2.05) is 31.2 Å². The molecule has 1 aliphatic rings. The van der Waals surface area contributed by atoms with Crippen LogP contribution in [0.2, 0.25) is 5.02 Å². The molecule has 2 aromatic carbocycles. The van der Waals surface area contributed by atoms with Gasteiger partial charge in [0.2, 0.25) is 5.91 Å². The van der Waals surface area contributed by atoms with E-state index in [1.165, 1.54) is 6.07 Å². The molecule has 1 fully saturated rings. The Hall–Kier alpha value is -2.18. The third kappa shape index (κ3) is 4.31. The molecular formula is C19H20ClF2N3O. The fourth-order valence-electron chi connectivity index (χ4n) is 3.03.